The molecule has 4 nitrogen and oxygen atoms in total. The van der Waals surface area contributed by atoms with Gasteiger partial charge in [-0.3, -0.25) is 4.79 Å². The van der Waals surface area contributed by atoms with Crippen molar-refractivity contribution in [2.45, 2.75) is 6.42 Å². The number of nitrogens with zero attached hydrogens (tertiary/aromatic N) is 1. The molecule has 4 heteroatoms. The maximum absolute atomic E-state index is 11.2. The van der Waals surface area contributed by atoms with E-state index in [1.807, 2.05) is 20.3 Å². The Morgan fingerprint density at radius 1 is 1.27 bits per heavy atom. The summed E-state index contributed by atoms with van der Waals surface area (Å²) >= 11 is 0. The SMILES string of the molecule is CN(C)CCc1c[nH]c2c[nH]c(=O)cc12. The molecule has 2 heterocycles. The average molecular weight is 205 g/mol. The molecule has 0 aliphatic rings. The summed E-state index contributed by atoms with van der Waals surface area (Å²) < 4.78 is 0. The van der Waals surface area contributed by atoms with Crippen molar-refractivity contribution in [1.29, 1.82) is 0 Å². The van der Waals surface area contributed by atoms with Gasteiger partial charge in [0.2, 0.25) is 5.56 Å². The molecule has 0 spiro atoms. The summed E-state index contributed by atoms with van der Waals surface area (Å²) in [6.45, 7) is 0.986. The first-order chi connectivity index (χ1) is 7.16. The molecule has 2 rings (SSSR count). The van der Waals surface area contributed by atoms with Crippen molar-refractivity contribution in [2.75, 3.05) is 20.6 Å². The fourth-order valence-corrected chi connectivity index (χ4v) is 1.65. The highest BCUT2D eigenvalue weighted by Gasteiger charge is 2.04. The Morgan fingerprint density at radius 2 is 2.07 bits per heavy atom. The number of likely N-dealkylation sites (N-methyl/N-ethyl adjacent to an activating group) is 1. The van der Waals surface area contributed by atoms with Crippen LogP contribution in [0, 0.1) is 0 Å². The standard InChI is InChI=1S/C11H15N3O/c1-14(2)4-3-8-6-12-10-7-13-11(15)5-9(8)10/h5-7,12H,3-4H2,1-2H3,(H,13,15). The number of fused-ring (bicyclic) bond motifs is 1. The van der Waals surface area contributed by atoms with Crippen LogP contribution in [-0.2, 0) is 6.42 Å². The maximum Gasteiger partial charge on any atom is 0.248 e. The highest BCUT2D eigenvalue weighted by molar-refractivity contribution is 5.82. The lowest BCUT2D eigenvalue weighted by Crippen LogP contribution is -2.15. The van der Waals surface area contributed by atoms with E-state index in [0.29, 0.717) is 0 Å². The predicted octanol–water partition coefficient (Wildman–Crippen LogP) is 0.960. The van der Waals surface area contributed by atoms with Crippen LogP contribution in [0.4, 0.5) is 0 Å². The maximum atomic E-state index is 11.2. The van der Waals surface area contributed by atoms with Crippen molar-refractivity contribution in [3.63, 3.8) is 0 Å². The summed E-state index contributed by atoms with van der Waals surface area (Å²) in [6.07, 6.45) is 4.65. The zero-order valence-electron chi connectivity index (χ0n) is 9.00. The molecule has 0 radical (unpaired) electrons. The van der Waals surface area contributed by atoms with Crippen LogP contribution in [0.5, 0.6) is 0 Å². The van der Waals surface area contributed by atoms with E-state index in [-0.39, 0.29) is 5.56 Å². The van der Waals surface area contributed by atoms with Gasteiger partial charge in [-0.05, 0) is 26.1 Å². The molecule has 2 aromatic rings. The van der Waals surface area contributed by atoms with E-state index >= 15 is 0 Å². The van der Waals surface area contributed by atoms with Gasteiger partial charge in [0.1, 0.15) is 0 Å². The van der Waals surface area contributed by atoms with Crippen LogP contribution >= 0.6 is 0 Å². The normalized spacial score (nSPS) is 11.4. The topological polar surface area (TPSA) is 51.9 Å². The Bertz CT molecular complexity index is 510. The first-order valence-corrected chi connectivity index (χ1v) is 5.00. The molecule has 80 valence electrons. The third-order valence-electron chi connectivity index (χ3n) is 2.50. The fraction of sp³-hybridized carbons (Fsp3) is 0.364. The van der Waals surface area contributed by atoms with Gasteiger partial charge < -0.3 is 14.9 Å². The van der Waals surface area contributed by atoms with Crippen LogP contribution in [0.25, 0.3) is 10.9 Å². The van der Waals surface area contributed by atoms with E-state index in [4.69, 9.17) is 0 Å². The third kappa shape index (κ3) is 2.10. The highest BCUT2D eigenvalue weighted by atomic mass is 16.1. The van der Waals surface area contributed by atoms with Gasteiger partial charge in [-0.2, -0.15) is 0 Å². The van der Waals surface area contributed by atoms with Crippen LogP contribution in [0.2, 0.25) is 0 Å². The molecule has 0 amide bonds. The van der Waals surface area contributed by atoms with Crippen molar-refractivity contribution < 1.29 is 0 Å². The molecule has 0 atom stereocenters. The van der Waals surface area contributed by atoms with Crippen LogP contribution < -0.4 is 5.56 Å². The molecule has 0 bridgehead atoms. The van der Waals surface area contributed by atoms with Crippen molar-refractivity contribution in [1.82, 2.24) is 14.9 Å². The Balaban J connectivity index is 2.35. The quantitative estimate of drug-likeness (QED) is 0.784. The number of aromatic amines is 2. The molecule has 0 saturated heterocycles. The Hall–Kier alpha value is -1.55. The monoisotopic (exact) mass is 205 g/mol. The van der Waals surface area contributed by atoms with Crippen molar-refractivity contribution in [2.24, 2.45) is 0 Å². The second-order valence-electron chi connectivity index (χ2n) is 3.99. The summed E-state index contributed by atoms with van der Waals surface area (Å²) in [6, 6.07) is 1.65. The van der Waals surface area contributed by atoms with E-state index in [1.54, 1.807) is 12.3 Å². The molecule has 0 unspecified atom stereocenters. The highest BCUT2D eigenvalue weighted by Crippen LogP contribution is 2.15. The number of aromatic nitrogens is 2. The smallest absolute Gasteiger partial charge is 0.248 e. The van der Waals surface area contributed by atoms with Gasteiger partial charge in [0.25, 0.3) is 0 Å². The van der Waals surface area contributed by atoms with Crippen molar-refractivity contribution in [3.05, 3.63) is 34.4 Å². The van der Waals surface area contributed by atoms with Crippen molar-refractivity contribution >= 4 is 10.9 Å². The van der Waals surface area contributed by atoms with Gasteiger partial charge in [0, 0.05) is 30.4 Å². The first-order valence-electron chi connectivity index (χ1n) is 5.00. The van der Waals surface area contributed by atoms with Gasteiger partial charge in [0.15, 0.2) is 0 Å². The molecule has 0 aromatic carbocycles. The molecule has 0 saturated carbocycles. The third-order valence-corrected chi connectivity index (χ3v) is 2.50. The van der Waals surface area contributed by atoms with E-state index in [1.165, 1.54) is 5.56 Å². The predicted molar refractivity (Wildman–Crippen MR) is 61.2 cm³/mol. The van der Waals surface area contributed by atoms with Crippen molar-refractivity contribution in [3.8, 4) is 0 Å². The fourth-order valence-electron chi connectivity index (χ4n) is 1.65. The number of nitrogens with one attached hydrogen (secondary N) is 2. The van der Waals surface area contributed by atoms with Gasteiger partial charge in [-0.15, -0.1) is 0 Å². The van der Waals surface area contributed by atoms with Crippen LogP contribution in [0.1, 0.15) is 5.56 Å². The number of rotatable bonds is 3. The van der Waals surface area contributed by atoms with E-state index in [2.05, 4.69) is 14.9 Å². The van der Waals surface area contributed by atoms with Gasteiger partial charge in [-0.25, -0.2) is 0 Å². The minimum Gasteiger partial charge on any atom is -0.360 e. The Morgan fingerprint density at radius 3 is 2.80 bits per heavy atom. The van der Waals surface area contributed by atoms with Gasteiger partial charge >= 0.3 is 0 Å². The number of hydrogen-bond acceptors (Lipinski definition) is 2. The molecule has 15 heavy (non-hydrogen) atoms. The van der Waals surface area contributed by atoms with Crippen LogP contribution in [0.15, 0.2) is 23.3 Å². The number of hydrogen-bond donors (Lipinski definition) is 2. The second-order valence-corrected chi connectivity index (χ2v) is 3.99. The molecule has 2 aromatic heterocycles. The van der Waals surface area contributed by atoms with Gasteiger partial charge in [0.05, 0.1) is 5.52 Å². The molecule has 0 aliphatic carbocycles. The lowest BCUT2D eigenvalue weighted by Gasteiger charge is -2.07. The second kappa shape index (κ2) is 3.90. The average Bonchev–Trinajstić information content (AvgIpc) is 2.57. The summed E-state index contributed by atoms with van der Waals surface area (Å²) in [7, 11) is 4.09. The zero-order chi connectivity index (χ0) is 10.8. The van der Waals surface area contributed by atoms with Crippen LogP contribution in [-0.4, -0.2) is 35.5 Å². The minimum atomic E-state index is -0.0480. The first kappa shape index (κ1) is 9.98. The Labute approximate surface area is 87.9 Å². The van der Waals surface area contributed by atoms with E-state index < -0.39 is 0 Å². The minimum absolute atomic E-state index is 0.0480. The summed E-state index contributed by atoms with van der Waals surface area (Å²) in [5, 5.41) is 1.03. The molecule has 2 N–H and O–H groups in total. The lowest BCUT2D eigenvalue weighted by molar-refractivity contribution is 0.414. The molecule has 0 fully saturated rings. The zero-order valence-corrected chi connectivity index (χ0v) is 9.00. The summed E-state index contributed by atoms with van der Waals surface area (Å²) in [5.41, 5.74) is 2.14. The van der Waals surface area contributed by atoms with Crippen LogP contribution in [0.3, 0.4) is 0 Å². The molecule has 0 aliphatic heterocycles. The Kier molecular flexibility index (Phi) is 2.60. The largest absolute Gasteiger partial charge is 0.360 e. The summed E-state index contributed by atoms with van der Waals surface area (Å²) in [4.78, 5) is 19.1. The van der Waals surface area contributed by atoms with E-state index in [9.17, 15) is 4.79 Å². The number of pyridine rings is 1. The lowest BCUT2D eigenvalue weighted by atomic mass is 10.1. The molecular weight excluding hydrogens is 190 g/mol. The molecular formula is C11H15N3O. The van der Waals surface area contributed by atoms with Gasteiger partial charge in [-0.1, -0.05) is 0 Å². The number of H-pyrrole nitrogens is 2. The summed E-state index contributed by atoms with van der Waals surface area (Å²) in [5.74, 6) is 0. The van der Waals surface area contributed by atoms with E-state index in [0.717, 1.165) is 23.9 Å².